The van der Waals surface area contributed by atoms with Gasteiger partial charge in [0.2, 0.25) is 5.91 Å². The first kappa shape index (κ1) is 14.4. The minimum absolute atomic E-state index is 0.0189. The topological polar surface area (TPSA) is 54.9 Å². The lowest BCUT2D eigenvalue weighted by Crippen LogP contribution is -2.29. The molecule has 1 fully saturated rings. The molecule has 0 spiro atoms. The predicted molar refractivity (Wildman–Crippen MR) is 83.2 cm³/mol. The molecule has 108 valence electrons. The molecule has 0 radical (unpaired) electrons. The second-order valence-electron chi connectivity index (χ2n) is 4.89. The Morgan fingerprint density at radius 2 is 1.95 bits per heavy atom. The molecular formula is C15H14ClN3OS. The van der Waals surface area contributed by atoms with Gasteiger partial charge in [-0.2, -0.15) is 0 Å². The van der Waals surface area contributed by atoms with E-state index in [9.17, 15) is 4.79 Å². The lowest BCUT2D eigenvalue weighted by atomic mass is 10.1. The van der Waals surface area contributed by atoms with Crippen LogP contribution in [0.25, 0.3) is 0 Å². The summed E-state index contributed by atoms with van der Waals surface area (Å²) in [6.45, 7) is 0. The number of thioether (sulfide) groups is 1. The Kier molecular flexibility index (Phi) is 4.41. The number of carbonyl (C=O) groups is 1. The van der Waals surface area contributed by atoms with E-state index in [1.54, 1.807) is 12.1 Å². The molecule has 1 amide bonds. The van der Waals surface area contributed by atoms with Crippen LogP contribution in [0.5, 0.6) is 0 Å². The van der Waals surface area contributed by atoms with Crippen LogP contribution < -0.4 is 5.32 Å². The van der Waals surface area contributed by atoms with Gasteiger partial charge in [-0.15, -0.1) is 10.2 Å². The van der Waals surface area contributed by atoms with Gasteiger partial charge in [-0.1, -0.05) is 53.7 Å². The summed E-state index contributed by atoms with van der Waals surface area (Å²) in [5.74, 6) is 0.0189. The maximum absolute atomic E-state index is 12.5. The van der Waals surface area contributed by atoms with Crippen molar-refractivity contribution in [3.8, 4) is 0 Å². The molecule has 21 heavy (non-hydrogen) atoms. The number of aromatic nitrogens is 2. The van der Waals surface area contributed by atoms with E-state index in [1.165, 1.54) is 11.8 Å². The third-order valence-corrected chi connectivity index (χ3v) is 4.49. The highest BCUT2D eigenvalue weighted by Gasteiger charge is 2.29. The molecular weight excluding hydrogens is 306 g/mol. The van der Waals surface area contributed by atoms with Crippen molar-refractivity contribution in [1.29, 1.82) is 0 Å². The smallest absolute Gasteiger partial charge is 0.238 e. The highest BCUT2D eigenvalue weighted by molar-refractivity contribution is 8.00. The summed E-state index contributed by atoms with van der Waals surface area (Å²) in [4.78, 5) is 12.5. The molecule has 6 heteroatoms. The highest BCUT2D eigenvalue weighted by Crippen LogP contribution is 2.35. The maximum Gasteiger partial charge on any atom is 0.238 e. The minimum atomic E-state index is -0.331. The predicted octanol–water partition coefficient (Wildman–Crippen LogP) is 3.24. The normalized spacial score (nSPS) is 15.5. The molecule has 2 aromatic rings. The van der Waals surface area contributed by atoms with Crippen molar-refractivity contribution in [3.05, 3.63) is 53.2 Å². The van der Waals surface area contributed by atoms with Crippen molar-refractivity contribution in [3.63, 3.8) is 0 Å². The molecule has 1 aliphatic rings. The van der Waals surface area contributed by atoms with Crippen LogP contribution in [0.1, 0.15) is 23.7 Å². The van der Waals surface area contributed by atoms with Crippen molar-refractivity contribution < 1.29 is 4.79 Å². The first-order valence-electron chi connectivity index (χ1n) is 6.73. The number of benzene rings is 1. The van der Waals surface area contributed by atoms with Crippen LogP contribution in [0.3, 0.4) is 0 Å². The SMILES string of the molecule is O=C(NC1CC1)[C@H](Sc1ccc(Cl)nn1)c1ccccc1. The summed E-state index contributed by atoms with van der Waals surface area (Å²) in [5, 5.41) is 11.6. The van der Waals surface area contributed by atoms with Gasteiger partial charge in [-0.25, -0.2) is 0 Å². The molecule has 1 heterocycles. The van der Waals surface area contributed by atoms with E-state index in [2.05, 4.69) is 15.5 Å². The summed E-state index contributed by atoms with van der Waals surface area (Å²) in [6.07, 6.45) is 2.14. The van der Waals surface area contributed by atoms with Gasteiger partial charge >= 0.3 is 0 Å². The molecule has 3 rings (SSSR count). The third kappa shape index (κ3) is 3.95. The summed E-state index contributed by atoms with van der Waals surface area (Å²) in [6, 6.07) is 13.5. The number of nitrogens with one attached hydrogen (secondary N) is 1. The second kappa shape index (κ2) is 6.45. The average molecular weight is 320 g/mol. The van der Waals surface area contributed by atoms with Gasteiger partial charge in [0, 0.05) is 6.04 Å². The zero-order valence-corrected chi connectivity index (χ0v) is 12.8. The van der Waals surface area contributed by atoms with Crippen molar-refractivity contribution in [1.82, 2.24) is 15.5 Å². The number of hydrogen-bond donors (Lipinski definition) is 1. The van der Waals surface area contributed by atoms with Crippen molar-refractivity contribution in [2.45, 2.75) is 29.2 Å². The number of nitrogens with zero attached hydrogens (tertiary/aromatic N) is 2. The van der Waals surface area contributed by atoms with Gasteiger partial charge in [0.15, 0.2) is 5.15 Å². The van der Waals surface area contributed by atoms with E-state index in [4.69, 9.17) is 11.6 Å². The van der Waals surface area contributed by atoms with E-state index < -0.39 is 0 Å². The number of amides is 1. The molecule has 0 saturated heterocycles. The lowest BCUT2D eigenvalue weighted by molar-refractivity contribution is -0.120. The molecule has 1 aromatic carbocycles. The molecule has 0 unspecified atom stereocenters. The van der Waals surface area contributed by atoms with Crippen molar-refractivity contribution >= 4 is 29.3 Å². The quantitative estimate of drug-likeness (QED) is 0.860. The molecule has 1 saturated carbocycles. The molecule has 4 nitrogen and oxygen atoms in total. The molecule has 1 atom stereocenters. The number of carbonyl (C=O) groups excluding carboxylic acids is 1. The van der Waals surface area contributed by atoms with Gasteiger partial charge in [-0.05, 0) is 30.5 Å². The average Bonchev–Trinajstić information content (AvgIpc) is 3.31. The fraction of sp³-hybridized carbons (Fsp3) is 0.267. The van der Waals surface area contributed by atoms with E-state index in [0.29, 0.717) is 16.2 Å². The Hall–Kier alpha value is -1.59. The Morgan fingerprint density at radius 1 is 1.19 bits per heavy atom. The highest BCUT2D eigenvalue weighted by atomic mass is 35.5. The third-order valence-electron chi connectivity index (χ3n) is 3.11. The number of rotatable bonds is 5. The zero-order valence-electron chi connectivity index (χ0n) is 11.2. The Balaban J connectivity index is 1.80. The van der Waals surface area contributed by atoms with Crippen LogP contribution in [0, 0.1) is 0 Å². The Morgan fingerprint density at radius 3 is 2.57 bits per heavy atom. The Bertz CT molecular complexity index is 617. The zero-order chi connectivity index (χ0) is 14.7. The van der Waals surface area contributed by atoms with Gasteiger partial charge < -0.3 is 5.32 Å². The van der Waals surface area contributed by atoms with Gasteiger partial charge in [-0.3, -0.25) is 4.79 Å². The van der Waals surface area contributed by atoms with E-state index in [1.807, 2.05) is 30.3 Å². The lowest BCUT2D eigenvalue weighted by Gasteiger charge is -2.16. The van der Waals surface area contributed by atoms with Crippen molar-refractivity contribution in [2.24, 2.45) is 0 Å². The van der Waals surface area contributed by atoms with E-state index in [-0.39, 0.29) is 11.2 Å². The Labute approximate surface area is 132 Å². The van der Waals surface area contributed by atoms with Crippen LogP contribution in [0.15, 0.2) is 47.5 Å². The molecule has 0 bridgehead atoms. The van der Waals surface area contributed by atoms with E-state index in [0.717, 1.165) is 18.4 Å². The second-order valence-corrected chi connectivity index (χ2v) is 6.40. The first-order valence-corrected chi connectivity index (χ1v) is 7.99. The standard InChI is InChI=1S/C15H14ClN3OS/c16-12-8-9-13(19-18-12)21-14(10-4-2-1-3-5-10)15(20)17-11-6-7-11/h1-5,8-9,11,14H,6-7H2,(H,17,20)/t14-/m1/s1. The van der Waals surface area contributed by atoms with Crippen LogP contribution in [0.2, 0.25) is 5.15 Å². The fourth-order valence-corrected chi connectivity index (χ4v) is 2.94. The van der Waals surface area contributed by atoms with Gasteiger partial charge in [0.05, 0.1) is 0 Å². The molecule has 1 N–H and O–H groups in total. The monoisotopic (exact) mass is 319 g/mol. The molecule has 1 aliphatic carbocycles. The van der Waals surface area contributed by atoms with E-state index >= 15 is 0 Å². The van der Waals surface area contributed by atoms with Crippen LogP contribution >= 0.6 is 23.4 Å². The van der Waals surface area contributed by atoms with Crippen molar-refractivity contribution in [2.75, 3.05) is 0 Å². The maximum atomic E-state index is 12.5. The van der Waals surface area contributed by atoms with Crippen LogP contribution in [-0.2, 0) is 4.79 Å². The summed E-state index contributed by atoms with van der Waals surface area (Å²) in [5.41, 5.74) is 0.956. The summed E-state index contributed by atoms with van der Waals surface area (Å²) < 4.78 is 0. The van der Waals surface area contributed by atoms with Crippen LogP contribution in [-0.4, -0.2) is 22.1 Å². The van der Waals surface area contributed by atoms with Gasteiger partial charge in [0.25, 0.3) is 0 Å². The summed E-state index contributed by atoms with van der Waals surface area (Å²) in [7, 11) is 0. The number of halogens is 1. The summed E-state index contributed by atoms with van der Waals surface area (Å²) >= 11 is 7.13. The minimum Gasteiger partial charge on any atom is -0.352 e. The van der Waals surface area contributed by atoms with Gasteiger partial charge in [0.1, 0.15) is 10.3 Å². The molecule has 1 aromatic heterocycles. The van der Waals surface area contributed by atoms with Crippen LogP contribution in [0.4, 0.5) is 0 Å². The largest absolute Gasteiger partial charge is 0.352 e. The first-order chi connectivity index (χ1) is 10.2. The molecule has 0 aliphatic heterocycles. The fourth-order valence-electron chi connectivity index (χ4n) is 1.89. The number of hydrogen-bond acceptors (Lipinski definition) is 4.